The number of carbonyl (C=O) groups excluding carboxylic acids is 1. The van der Waals surface area contributed by atoms with Gasteiger partial charge < -0.3 is 10.4 Å². The van der Waals surface area contributed by atoms with Crippen molar-refractivity contribution in [1.82, 2.24) is 14.7 Å². The van der Waals surface area contributed by atoms with Gasteiger partial charge in [0.05, 0.1) is 11.4 Å². The second kappa shape index (κ2) is 9.87. The van der Waals surface area contributed by atoms with Crippen molar-refractivity contribution in [3.63, 3.8) is 0 Å². The fourth-order valence-corrected chi connectivity index (χ4v) is 3.25. The highest BCUT2D eigenvalue weighted by molar-refractivity contribution is 5.92. The number of benzene rings is 1. The van der Waals surface area contributed by atoms with Crippen molar-refractivity contribution in [3.05, 3.63) is 65.5 Å². The molecular weight excluding hydrogens is 378 g/mol. The molecule has 0 atom stereocenters. The van der Waals surface area contributed by atoms with Crippen molar-refractivity contribution < 1.29 is 14.7 Å². The summed E-state index contributed by atoms with van der Waals surface area (Å²) >= 11 is 0. The Labute approximate surface area is 176 Å². The third-order valence-electron chi connectivity index (χ3n) is 4.90. The highest BCUT2D eigenvalue weighted by Gasteiger charge is 2.12. The molecule has 156 valence electrons. The molecule has 0 aliphatic rings. The lowest BCUT2D eigenvalue weighted by molar-refractivity contribution is -0.137. The number of rotatable bonds is 9. The fourth-order valence-electron chi connectivity index (χ4n) is 3.25. The summed E-state index contributed by atoms with van der Waals surface area (Å²) in [6.07, 6.45) is 7.63. The van der Waals surface area contributed by atoms with E-state index >= 15 is 0 Å². The summed E-state index contributed by atoms with van der Waals surface area (Å²) in [5, 5.41) is 11.5. The quantitative estimate of drug-likeness (QED) is 0.408. The summed E-state index contributed by atoms with van der Waals surface area (Å²) < 4.78 is 1.98. The fraction of sp³-hybridized carbons (Fsp3) is 0.292. The molecule has 0 fully saturated rings. The number of aromatic nitrogens is 2. The lowest BCUT2D eigenvalue weighted by Gasteiger charge is -2.03. The Morgan fingerprint density at radius 2 is 1.83 bits per heavy atom. The van der Waals surface area contributed by atoms with Crippen LogP contribution in [0.3, 0.4) is 0 Å². The Bertz CT molecular complexity index is 1070. The number of carboxylic acids is 1. The molecular formula is C24H27N3O3. The van der Waals surface area contributed by atoms with E-state index < -0.39 is 5.97 Å². The number of pyridine rings is 1. The third-order valence-corrected chi connectivity index (χ3v) is 4.90. The van der Waals surface area contributed by atoms with Crippen LogP contribution in [0.1, 0.15) is 42.5 Å². The molecule has 0 bridgehead atoms. The zero-order chi connectivity index (χ0) is 21.5. The van der Waals surface area contributed by atoms with Gasteiger partial charge in [0.15, 0.2) is 0 Å². The van der Waals surface area contributed by atoms with Crippen molar-refractivity contribution >= 4 is 23.6 Å². The second-order valence-corrected chi connectivity index (χ2v) is 7.47. The number of hydrogen-bond acceptors (Lipinski definition) is 3. The van der Waals surface area contributed by atoms with Gasteiger partial charge >= 0.3 is 5.97 Å². The molecule has 0 unspecified atom stereocenters. The molecule has 2 heterocycles. The smallest absolute Gasteiger partial charge is 0.303 e. The van der Waals surface area contributed by atoms with Gasteiger partial charge in [-0.1, -0.05) is 36.2 Å². The van der Waals surface area contributed by atoms with Crippen LogP contribution in [0.2, 0.25) is 0 Å². The minimum Gasteiger partial charge on any atom is -0.481 e. The zero-order valence-corrected chi connectivity index (χ0v) is 17.4. The number of aliphatic carboxylic acids is 1. The Morgan fingerprint density at radius 1 is 1.07 bits per heavy atom. The van der Waals surface area contributed by atoms with E-state index in [9.17, 15) is 9.59 Å². The predicted octanol–water partition coefficient (Wildman–Crippen LogP) is 4.39. The SMILES string of the molecule is Cc1ccc(-c2nc3cc(C)ccn3c2/C=C/C(=O)NCCCCCC(=O)O)cc1. The lowest BCUT2D eigenvalue weighted by atomic mass is 10.1. The van der Waals surface area contributed by atoms with E-state index in [4.69, 9.17) is 10.1 Å². The van der Waals surface area contributed by atoms with Crippen molar-refractivity contribution in [3.8, 4) is 11.3 Å². The van der Waals surface area contributed by atoms with E-state index in [1.54, 1.807) is 6.08 Å². The molecule has 6 nitrogen and oxygen atoms in total. The summed E-state index contributed by atoms with van der Waals surface area (Å²) in [5.41, 5.74) is 5.82. The number of imidazole rings is 1. The molecule has 30 heavy (non-hydrogen) atoms. The van der Waals surface area contributed by atoms with Gasteiger partial charge in [-0.15, -0.1) is 0 Å². The monoisotopic (exact) mass is 405 g/mol. The maximum absolute atomic E-state index is 12.2. The normalized spacial score (nSPS) is 11.3. The molecule has 0 aliphatic heterocycles. The third kappa shape index (κ3) is 5.56. The van der Waals surface area contributed by atoms with E-state index in [1.807, 2.05) is 48.7 Å². The molecule has 0 saturated carbocycles. The van der Waals surface area contributed by atoms with E-state index in [2.05, 4.69) is 17.4 Å². The number of fused-ring (bicyclic) bond motifs is 1. The average Bonchev–Trinajstić information content (AvgIpc) is 3.06. The van der Waals surface area contributed by atoms with E-state index in [1.165, 1.54) is 11.6 Å². The highest BCUT2D eigenvalue weighted by Crippen LogP contribution is 2.26. The van der Waals surface area contributed by atoms with Gasteiger partial charge in [-0.25, -0.2) is 4.98 Å². The largest absolute Gasteiger partial charge is 0.481 e. The van der Waals surface area contributed by atoms with Crippen LogP contribution < -0.4 is 5.32 Å². The molecule has 2 aromatic heterocycles. The number of carboxylic acid groups (broad SMARTS) is 1. The molecule has 3 rings (SSSR count). The molecule has 1 amide bonds. The number of amides is 1. The molecule has 0 spiro atoms. The molecule has 0 radical (unpaired) electrons. The molecule has 0 aliphatic carbocycles. The van der Waals surface area contributed by atoms with Crippen LogP contribution in [0, 0.1) is 13.8 Å². The summed E-state index contributed by atoms with van der Waals surface area (Å²) in [6, 6.07) is 12.2. The lowest BCUT2D eigenvalue weighted by Crippen LogP contribution is -2.22. The van der Waals surface area contributed by atoms with Crippen molar-refractivity contribution in [2.45, 2.75) is 39.5 Å². The summed E-state index contributed by atoms with van der Waals surface area (Å²) in [6.45, 7) is 4.60. The Hall–Kier alpha value is -3.41. The van der Waals surface area contributed by atoms with Crippen LogP contribution in [0.25, 0.3) is 23.0 Å². The molecule has 6 heteroatoms. The van der Waals surface area contributed by atoms with Gasteiger partial charge in [0.2, 0.25) is 5.91 Å². The number of aryl methyl sites for hydroxylation is 2. The number of nitrogens with one attached hydrogen (secondary N) is 1. The van der Waals surface area contributed by atoms with Crippen molar-refractivity contribution in [2.75, 3.05) is 6.54 Å². The van der Waals surface area contributed by atoms with Crippen molar-refractivity contribution in [1.29, 1.82) is 0 Å². The van der Waals surface area contributed by atoms with Gasteiger partial charge in [-0.2, -0.15) is 0 Å². The molecule has 3 aromatic rings. The average molecular weight is 405 g/mol. The number of carbonyl (C=O) groups is 2. The molecule has 1 aromatic carbocycles. The Morgan fingerprint density at radius 3 is 2.57 bits per heavy atom. The Kier molecular flexibility index (Phi) is 7.01. The molecule has 0 saturated heterocycles. The Balaban J connectivity index is 1.74. The van der Waals surface area contributed by atoms with E-state index in [0.29, 0.717) is 13.0 Å². The number of unbranched alkanes of at least 4 members (excludes halogenated alkanes) is 2. The van der Waals surface area contributed by atoms with E-state index in [0.717, 1.165) is 41.0 Å². The minimum atomic E-state index is -0.783. The summed E-state index contributed by atoms with van der Waals surface area (Å²) in [4.78, 5) is 27.5. The number of nitrogens with zero attached hydrogens (tertiary/aromatic N) is 2. The maximum atomic E-state index is 12.2. The van der Waals surface area contributed by atoms with Crippen LogP contribution in [0.4, 0.5) is 0 Å². The minimum absolute atomic E-state index is 0.170. The predicted molar refractivity (Wildman–Crippen MR) is 118 cm³/mol. The first-order chi connectivity index (χ1) is 14.4. The van der Waals surface area contributed by atoms with Gasteiger partial charge in [-0.05, 0) is 50.5 Å². The van der Waals surface area contributed by atoms with Gasteiger partial charge in [0.1, 0.15) is 5.65 Å². The first-order valence-corrected chi connectivity index (χ1v) is 10.2. The number of hydrogen-bond donors (Lipinski definition) is 2. The van der Waals surface area contributed by atoms with Gasteiger partial charge in [0.25, 0.3) is 0 Å². The van der Waals surface area contributed by atoms with Crippen LogP contribution in [0.15, 0.2) is 48.7 Å². The molecule has 2 N–H and O–H groups in total. The van der Waals surface area contributed by atoms with Crippen molar-refractivity contribution in [2.24, 2.45) is 0 Å². The van der Waals surface area contributed by atoms with Crippen LogP contribution in [0.5, 0.6) is 0 Å². The topological polar surface area (TPSA) is 83.7 Å². The first kappa shape index (κ1) is 21.3. The van der Waals surface area contributed by atoms with Crippen LogP contribution in [-0.2, 0) is 9.59 Å². The van der Waals surface area contributed by atoms with Gasteiger partial charge in [0, 0.05) is 30.8 Å². The first-order valence-electron chi connectivity index (χ1n) is 10.2. The summed E-state index contributed by atoms with van der Waals surface area (Å²) in [5.74, 6) is -0.959. The van der Waals surface area contributed by atoms with Gasteiger partial charge in [-0.3, -0.25) is 14.0 Å². The summed E-state index contributed by atoms with van der Waals surface area (Å²) in [7, 11) is 0. The highest BCUT2D eigenvalue weighted by atomic mass is 16.4. The standard InChI is InChI=1S/C24H27N3O3/c1-17-7-9-19(10-8-17)24-20(27-15-13-18(2)16-21(27)26-24)11-12-22(28)25-14-5-3-4-6-23(29)30/h7-13,15-16H,3-6,14H2,1-2H3,(H,25,28)(H,29,30)/b12-11+. The zero-order valence-electron chi connectivity index (χ0n) is 17.4. The maximum Gasteiger partial charge on any atom is 0.303 e. The van der Waals surface area contributed by atoms with Crippen LogP contribution in [-0.4, -0.2) is 32.9 Å². The van der Waals surface area contributed by atoms with E-state index in [-0.39, 0.29) is 12.3 Å². The second-order valence-electron chi connectivity index (χ2n) is 7.47. The van der Waals surface area contributed by atoms with Crippen LogP contribution >= 0.6 is 0 Å².